The first-order valence-corrected chi connectivity index (χ1v) is 6.05. The number of likely N-dealkylation sites (tertiary alicyclic amines) is 1. The molecular formula is C12H17N3O3. The molecule has 0 radical (unpaired) electrons. The smallest absolute Gasteiger partial charge is 0.309 e. The van der Waals surface area contributed by atoms with Crippen molar-refractivity contribution in [2.24, 2.45) is 13.0 Å². The van der Waals surface area contributed by atoms with Crippen LogP contribution in [0.15, 0.2) is 12.4 Å². The molecule has 1 aromatic rings. The predicted molar refractivity (Wildman–Crippen MR) is 63.7 cm³/mol. The Hall–Kier alpha value is -1.85. The van der Waals surface area contributed by atoms with E-state index in [1.54, 1.807) is 29.0 Å². The maximum Gasteiger partial charge on any atom is 0.309 e. The number of hydrogen-bond acceptors (Lipinski definition) is 3. The van der Waals surface area contributed by atoms with Crippen molar-refractivity contribution in [3.63, 3.8) is 0 Å². The molecule has 0 spiro atoms. The fourth-order valence-corrected chi connectivity index (χ4v) is 2.52. The van der Waals surface area contributed by atoms with Crippen molar-refractivity contribution in [2.45, 2.75) is 25.8 Å². The monoisotopic (exact) mass is 251 g/mol. The molecule has 1 aliphatic heterocycles. The number of hydrogen-bond donors (Lipinski definition) is 1. The fraction of sp³-hybridized carbons (Fsp3) is 0.583. The summed E-state index contributed by atoms with van der Waals surface area (Å²) < 4.78 is 1.63. The van der Waals surface area contributed by atoms with Gasteiger partial charge in [-0.1, -0.05) is 6.92 Å². The lowest BCUT2D eigenvalue weighted by atomic mass is 9.96. The average Bonchev–Trinajstić information content (AvgIpc) is 2.85. The molecule has 1 aliphatic rings. The van der Waals surface area contributed by atoms with Crippen molar-refractivity contribution in [1.82, 2.24) is 14.7 Å². The van der Waals surface area contributed by atoms with Crippen molar-refractivity contribution < 1.29 is 14.7 Å². The highest BCUT2D eigenvalue weighted by Crippen LogP contribution is 2.38. The second kappa shape index (κ2) is 4.80. The molecule has 2 unspecified atom stereocenters. The molecule has 1 aromatic heterocycles. The van der Waals surface area contributed by atoms with E-state index in [-0.39, 0.29) is 18.4 Å². The molecule has 1 saturated heterocycles. The molecular weight excluding hydrogens is 234 g/mol. The van der Waals surface area contributed by atoms with Gasteiger partial charge in [-0.15, -0.1) is 0 Å². The summed E-state index contributed by atoms with van der Waals surface area (Å²) in [6.07, 6.45) is 4.31. The first kappa shape index (κ1) is 12.6. The zero-order valence-corrected chi connectivity index (χ0v) is 10.5. The van der Waals surface area contributed by atoms with Gasteiger partial charge in [0.25, 0.3) is 0 Å². The zero-order valence-electron chi connectivity index (χ0n) is 10.5. The van der Waals surface area contributed by atoms with Crippen LogP contribution >= 0.6 is 0 Å². The van der Waals surface area contributed by atoms with Gasteiger partial charge < -0.3 is 10.0 Å². The van der Waals surface area contributed by atoms with Crippen LogP contribution < -0.4 is 0 Å². The summed E-state index contributed by atoms with van der Waals surface area (Å²) >= 11 is 0. The second-order valence-electron chi connectivity index (χ2n) is 4.63. The van der Waals surface area contributed by atoms with Crippen LogP contribution in [-0.2, 0) is 16.6 Å². The highest BCUT2D eigenvalue weighted by molar-refractivity contribution is 5.87. The third-order valence-corrected chi connectivity index (χ3v) is 3.28. The van der Waals surface area contributed by atoms with E-state index in [2.05, 4.69) is 5.10 Å². The molecule has 6 nitrogen and oxygen atoms in total. The Kier molecular flexibility index (Phi) is 3.36. The van der Waals surface area contributed by atoms with E-state index in [0.29, 0.717) is 6.54 Å². The van der Waals surface area contributed by atoms with Gasteiger partial charge in [-0.2, -0.15) is 5.10 Å². The maximum absolute atomic E-state index is 11.9. The van der Waals surface area contributed by atoms with Crippen molar-refractivity contribution in [3.8, 4) is 0 Å². The summed E-state index contributed by atoms with van der Waals surface area (Å²) in [5.74, 6) is -1.68. The van der Waals surface area contributed by atoms with Crippen LogP contribution in [0.1, 0.15) is 31.4 Å². The maximum atomic E-state index is 11.9. The standard InChI is InChI=1S/C12H17N3O3/c1-3-4-15-10(16)5-9(12(17)18)11(15)8-6-13-14(2)7-8/h6-7,9,11H,3-5H2,1-2H3,(H,17,18). The number of carbonyl (C=O) groups excluding carboxylic acids is 1. The van der Waals surface area contributed by atoms with Gasteiger partial charge in [-0.05, 0) is 6.42 Å². The Labute approximate surface area is 105 Å². The van der Waals surface area contributed by atoms with Gasteiger partial charge in [-0.3, -0.25) is 14.3 Å². The van der Waals surface area contributed by atoms with Crippen LogP contribution in [0.3, 0.4) is 0 Å². The van der Waals surface area contributed by atoms with Gasteiger partial charge in [0.2, 0.25) is 5.91 Å². The number of amides is 1. The van der Waals surface area contributed by atoms with E-state index in [1.165, 1.54) is 0 Å². The van der Waals surface area contributed by atoms with E-state index in [1.807, 2.05) is 6.92 Å². The number of carboxylic acid groups (broad SMARTS) is 1. The van der Waals surface area contributed by atoms with Crippen LogP contribution in [0.5, 0.6) is 0 Å². The third-order valence-electron chi connectivity index (χ3n) is 3.28. The van der Waals surface area contributed by atoms with Crippen LogP contribution in [0.4, 0.5) is 0 Å². The van der Waals surface area contributed by atoms with Gasteiger partial charge in [-0.25, -0.2) is 0 Å². The van der Waals surface area contributed by atoms with Gasteiger partial charge in [0.05, 0.1) is 18.2 Å². The van der Waals surface area contributed by atoms with Crippen LogP contribution in [0.25, 0.3) is 0 Å². The van der Waals surface area contributed by atoms with Crippen molar-refractivity contribution in [3.05, 3.63) is 18.0 Å². The fourth-order valence-electron chi connectivity index (χ4n) is 2.52. The molecule has 0 saturated carbocycles. The summed E-state index contributed by atoms with van der Waals surface area (Å²) in [6, 6.07) is -0.386. The Morgan fingerprint density at radius 3 is 2.83 bits per heavy atom. The lowest BCUT2D eigenvalue weighted by molar-refractivity contribution is -0.142. The number of aromatic nitrogens is 2. The second-order valence-corrected chi connectivity index (χ2v) is 4.63. The van der Waals surface area contributed by atoms with Gasteiger partial charge in [0, 0.05) is 31.8 Å². The van der Waals surface area contributed by atoms with E-state index in [4.69, 9.17) is 0 Å². The number of carbonyl (C=O) groups is 2. The Balaban J connectivity index is 2.35. The predicted octanol–water partition coefficient (Wildman–Crippen LogP) is 0.804. The van der Waals surface area contributed by atoms with Gasteiger partial charge in [0.15, 0.2) is 0 Å². The van der Waals surface area contributed by atoms with E-state index < -0.39 is 11.9 Å². The van der Waals surface area contributed by atoms with E-state index in [0.717, 1.165) is 12.0 Å². The SMILES string of the molecule is CCCN1C(=O)CC(C(=O)O)C1c1cnn(C)c1. The zero-order chi connectivity index (χ0) is 13.3. The molecule has 1 amide bonds. The molecule has 0 bridgehead atoms. The summed E-state index contributed by atoms with van der Waals surface area (Å²) in [4.78, 5) is 24.8. The quantitative estimate of drug-likeness (QED) is 0.859. The highest BCUT2D eigenvalue weighted by atomic mass is 16.4. The van der Waals surface area contributed by atoms with E-state index >= 15 is 0 Å². The Morgan fingerprint density at radius 1 is 1.61 bits per heavy atom. The summed E-state index contributed by atoms with van der Waals surface area (Å²) in [7, 11) is 1.78. The topological polar surface area (TPSA) is 75.4 Å². The summed E-state index contributed by atoms with van der Waals surface area (Å²) in [6.45, 7) is 2.56. The first-order chi connectivity index (χ1) is 8.54. The Morgan fingerprint density at radius 2 is 2.33 bits per heavy atom. The van der Waals surface area contributed by atoms with Crippen LogP contribution in [0, 0.1) is 5.92 Å². The van der Waals surface area contributed by atoms with Crippen LogP contribution in [0.2, 0.25) is 0 Å². The van der Waals surface area contributed by atoms with E-state index in [9.17, 15) is 14.7 Å². The minimum absolute atomic E-state index is 0.0783. The largest absolute Gasteiger partial charge is 0.481 e. The molecule has 0 aliphatic carbocycles. The molecule has 1 N–H and O–H groups in total. The highest BCUT2D eigenvalue weighted by Gasteiger charge is 2.44. The summed E-state index contributed by atoms with van der Waals surface area (Å²) in [5, 5.41) is 13.3. The molecule has 18 heavy (non-hydrogen) atoms. The summed E-state index contributed by atoms with van der Waals surface area (Å²) in [5.41, 5.74) is 0.796. The molecule has 0 aromatic carbocycles. The van der Waals surface area contributed by atoms with Gasteiger partial charge >= 0.3 is 5.97 Å². The molecule has 98 valence electrons. The van der Waals surface area contributed by atoms with Crippen molar-refractivity contribution >= 4 is 11.9 Å². The van der Waals surface area contributed by atoms with Crippen molar-refractivity contribution in [2.75, 3.05) is 6.54 Å². The number of aliphatic carboxylic acids is 1. The number of carboxylic acids is 1. The first-order valence-electron chi connectivity index (χ1n) is 6.05. The van der Waals surface area contributed by atoms with Crippen LogP contribution in [-0.4, -0.2) is 38.2 Å². The normalized spacial score (nSPS) is 23.7. The minimum Gasteiger partial charge on any atom is -0.481 e. The molecule has 2 heterocycles. The van der Waals surface area contributed by atoms with Gasteiger partial charge in [0.1, 0.15) is 0 Å². The Bertz CT molecular complexity index is 469. The molecule has 2 rings (SSSR count). The van der Waals surface area contributed by atoms with Crippen molar-refractivity contribution in [1.29, 1.82) is 0 Å². The minimum atomic E-state index is -0.921. The molecule has 2 atom stereocenters. The molecule has 1 fully saturated rings. The molecule has 6 heteroatoms. The lowest BCUT2D eigenvalue weighted by Gasteiger charge is -2.25. The third kappa shape index (κ3) is 2.10. The number of rotatable bonds is 4. The lowest BCUT2D eigenvalue weighted by Crippen LogP contribution is -2.31. The average molecular weight is 251 g/mol. The number of aryl methyl sites for hydroxylation is 1. The number of nitrogens with zero attached hydrogens (tertiary/aromatic N) is 3.